The van der Waals surface area contributed by atoms with E-state index in [2.05, 4.69) is 0 Å². The Morgan fingerprint density at radius 1 is 1.17 bits per heavy atom. The zero-order valence-corrected chi connectivity index (χ0v) is 13.8. The second kappa shape index (κ2) is 7.63. The van der Waals surface area contributed by atoms with Gasteiger partial charge in [0.25, 0.3) is 0 Å². The van der Waals surface area contributed by atoms with E-state index in [9.17, 15) is 13.2 Å². The number of aliphatic hydroxyl groups excluding tert-OH is 1. The minimum atomic E-state index is -4.22. The fourth-order valence-corrected chi connectivity index (χ4v) is 3.24. The Morgan fingerprint density at radius 2 is 1.79 bits per heavy atom. The van der Waals surface area contributed by atoms with Gasteiger partial charge in [-0.3, -0.25) is 4.79 Å². The molecule has 0 fully saturated rings. The van der Waals surface area contributed by atoms with Crippen LogP contribution in [0.25, 0.3) is 0 Å². The van der Waals surface area contributed by atoms with Crippen LogP contribution < -0.4 is 9.46 Å². The van der Waals surface area contributed by atoms with Crippen LogP contribution in [0.2, 0.25) is 5.02 Å². The van der Waals surface area contributed by atoms with E-state index in [4.69, 9.17) is 26.6 Å². The van der Waals surface area contributed by atoms with E-state index in [1.54, 1.807) is 30.3 Å². The smallest absolute Gasteiger partial charge is 0.324 e. The average Bonchev–Trinajstić information content (AvgIpc) is 2.55. The topological polar surface area (TPSA) is 113 Å². The molecule has 0 radical (unpaired) electrons. The number of aliphatic hydroxyl groups is 1. The van der Waals surface area contributed by atoms with Gasteiger partial charge in [0.2, 0.25) is 10.0 Å². The summed E-state index contributed by atoms with van der Waals surface area (Å²) >= 11 is 5.78. The maximum Gasteiger partial charge on any atom is 0.324 e. The average molecular weight is 372 g/mol. The summed E-state index contributed by atoms with van der Waals surface area (Å²) in [4.78, 5) is 10.7. The second-order valence-electron chi connectivity index (χ2n) is 4.70. The predicted molar refractivity (Wildman–Crippen MR) is 86.8 cm³/mol. The Balaban J connectivity index is 2.33. The van der Waals surface area contributed by atoms with Crippen LogP contribution >= 0.6 is 11.6 Å². The highest BCUT2D eigenvalue weighted by Gasteiger charge is 2.27. The van der Waals surface area contributed by atoms with Crippen LogP contribution in [0.15, 0.2) is 53.4 Å². The van der Waals surface area contributed by atoms with Crippen LogP contribution in [0.3, 0.4) is 0 Å². The molecule has 7 nitrogen and oxygen atoms in total. The van der Waals surface area contributed by atoms with Gasteiger partial charge in [-0.1, -0.05) is 23.7 Å². The van der Waals surface area contributed by atoms with E-state index in [1.165, 1.54) is 18.2 Å². The van der Waals surface area contributed by atoms with E-state index in [-0.39, 0.29) is 10.6 Å². The fraction of sp³-hybridized carbons (Fsp3) is 0.133. The number of rotatable bonds is 7. The van der Waals surface area contributed by atoms with Crippen LogP contribution in [0.5, 0.6) is 11.5 Å². The van der Waals surface area contributed by atoms with Crippen molar-refractivity contribution in [1.82, 2.24) is 4.72 Å². The SMILES string of the molecule is O=C(O)C(CO)NS(=O)(=O)c1ccccc1Oc1ccc(Cl)cc1. The summed E-state index contributed by atoms with van der Waals surface area (Å²) in [6.45, 7) is -0.880. The van der Waals surface area contributed by atoms with E-state index in [0.29, 0.717) is 10.8 Å². The Hall–Kier alpha value is -2.13. The van der Waals surface area contributed by atoms with Gasteiger partial charge in [-0.05, 0) is 36.4 Å². The first kappa shape index (κ1) is 18.2. The van der Waals surface area contributed by atoms with Crippen LogP contribution in [-0.2, 0) is 14.8 Å². The zero-order chi connectivity index (χ0) is 17.7. The molecule has 0 aliphatic rings. The molecular weight excluding hydrogens is 358 g/mol. The molecule has 0 bridgehead atoms. The third-order valence-corrected chi connectivity index (χ3v) is 4.72. The summed E-state index contributed by atoms with van der Waals surface area (Å²) in [5.41, 5.74) is 0. The lowest BCUT2D eigenvalue weighted by Crippen LogP contribution is -2.43. The van der Waals surface area contributed by atoms with Crippen molar-refractivity contribution in [1.29, 1.82) is 0 Å². The quantitative estimate of drug-likeness (QED) is 0.684. The Morgan fingerprint density at radius 3 is 2.38 bits per heavy atom. The Bertz CT molecular complexity index is 822. The van der Waals surface area contributed by atoms with E-state index in [1.807, 2.05) is 4.72 Å². The molecule has 0 spiro atoms. The third kappa shape index (κ3) is 4.45. The predicted octanol–water partition coefficient (Wildman–Crippen LogP) is 1.86. The highest BCUT2D eigenvalue weighted by atomic mass is 35.5. The first-order valence-electron chi connectivity index (χ1n) is 6.72. The van der Waals surface area contributed by atoms with Crippen molar-refractivity contribution in [2.45, 2.75) is 10.9 Å². The van der Waals surface area contributed by atoms with Crippen LogP contribution in [0.4, 0.5) is 0 Å². The van der Waals surface area contributed by atoms with Crippen LogP contribution in [0.1, 0.15) is 0 Å². The van der Waals surface area contributed by atoms with E-state index >= 15 is 0 Å². The van der Waals surface area contributed by atoms with Gasteiger partial charge in [-0.15, -0.1) is 0 Å². The Labute approximate surface area is 143 Å². The number of ether oxygens (including phenoxy) is 1. The molecule has 0 saturated heterocycles. The second-order valence-corrected chi connectivity index (χ2v) is 6.82. The number of sulfonamides is 1. The number of hydrogen-bond donors (Lipinski definition) is 3. The van der Waals surface area contributed by atoms with Gasteiger partial charge in [0, 0.05) is 5.02 Å². The summed E-state index contributed by atoms with van der Waals surface area (Å²) in [5, 5.41) is 18.4. The van der Waals surface area contributed by atoms with Gasteiger partial charge in [0.05, 0.1) is 6.61 Å². The molecule has 1 unspecified atom stereocenters. The zero-order valence-electron chi connectivity index (χ0n) is 12.2. The summed E-state index contributed by atoms with van der Waals surface area (Å²) in [7, 11) is -4.22. The van der Waals surface area contributed by atoms with Crippen molar-refractivity contribution in [3.8, 4) is 11.5 Å². The first-order chi connectivity index (χ1) is 11.3. The molecule has 9 heteroatoms. The number of aliphatic carboxylic acids is 1. The summed E-state index contributed by atoms with van der Waals surface area (Å²) in [6, 6.07) is 10.4. The van der Waals surface area contributed by atoms with Crippen molar-refractivity contribution in [2.24, 2.45) is 0 Å². The molecule has 0 heterocycles. The summed E-state index contributed by atoms with van der Waals surface area (Å²) < 4.78 is 32.2. The van der Waals surface area contributed by atoms with Gasteiger partial charge in [-0.2, -0.15) is 4.72 Å². The molecule has 2 rings (SSSR count). The van der Waals surface area contributed by atoms with Crippen molar-refractivity contribution < 1.29 is 28.2 Å². The maximum absolute atomic E-state index is 12.4. The monoisotopic (exact) mass is 371 g/mol. The standard InChI is InChI=1S/C15H14ClNO6S/c16-10-5-7-11(8-6-10)23-13-3-1-2-4-14(13)24(21,22)17-12(9-18)15(19)20/h1-8,12,17-18H,9H2,(H,19,20). The maximum atomic E-state index is 12.4. The number of nitrogens with one attached hydrogen (secondary N) is 1. The normalized spacial score (nSPS) is 12.6. The number of para-hydroxylation sites is 1. The molecule has 0 aliphatic carbocycles. The van der Waals surface area contributed by atoms with Gasteiger partial charge in [0.1, 0.15) is 22.4 Å². The van der Waals surface area contributed by atoms with Gasteiger partial charge < -0.3 is 14.9 Å². The van der Waals surface area contributed by atoms with Crippen molar-refractivity contribution in [3.05, 3.63) is 53.6 Å². The lowest BCUT2D eigenvalue weighted by molar-refractivity contribution is -0.139. The minimum Gasteiger partial charge on any atom is -0.480 e. The highest BCUT2D eigenvalue weighted by Crippen LogP contribution is 2.29. The molecule has 0 aliphatic heterocycles. The lowest BCUT2D eigenvalue weighted by atomic mass is 10.3. The number of carboxylic acid groups (broad SMARTS) is 1. The first-order valence-corrected chi connectivity index (χ1v) is 8.58. The lowest BCUT2D eigenvalue weighted by Gasteiger charge is -2.15. The van der Waals surface area contributed by atoms with Crippen molar-refractivity contribution in [3.63, 3.8) is 0 Å². The highest BCUT2D eigenvalue weighted by molar-refractivity contribution is 7.89. The van der Waals surface area contributed by atoms with Crippen LogP contribution in [-0.4, -0.2) is 37.2 Å². The largest absolute Gasteiger partial charge is 0.480 e. The summed E-state index contributed by atoms with van der Waals surface area (Å²) in [5.74, 6) is -1.12. The number of benzene rings is 2. The van der Waals surface area contributed by atoms with Gasteiger partial charge in [-0.25, -0.2) is 8.42 Å². The molecule has 2 aromatic carbocycles. The van der Waals surface area contributed by atoms with E-state index in [0.717, 1.165) is 0 Å². The molecule has 2 aromatic rings. The molecule has 3 N–H and O–H groups in total. The molecule has 24 heavy (non-hydrogen) atoms. The minimum absolute atomic E-state index is 0.00870. The number of carboxylic acids is 1. The Kier molecular flexibility index (Phi) is 5.79. The third-order valence-electron chi connectivity index (χ3n) is 2.96. The molecule has 1 atom stereocenters. The fourth-order valence-electron chi connectivity index (χ4n) is 1.80. The summed E-state index contributed by atoms with van der Waals surface area (Å²) in [6.07, 6.45) is 0. The molecule has 128 valence electrons. The molecular formula is C15H14ClNO6S. The van der Waals surface area contributed by atoms with E-state index < -0.39 is 28.6 Å². The van der Waals surface area contributed by atoms with Crippen molar-refractivity contribution >= 4 is 27.6 Å². The number of halogens is 1. The number of hydrogen-bond acceptors (Lipinski definition) is 5. The van der Waals surface area contributed by atoms with Gasteiger partial charge >= 0.3 is 5.97 Å². The molecule has 0 aromatic heterocycles. The molecule has 0 amide bonds. The van der Waals surface area contributed by atoms with Gasteiger partial charge in [0.15, 0.2) is 0 Å². The van der Waals surface area contributed by atoms with Crippen LogP contribution in [0, 0.1) is 0 Å². The molecule has 0 saturated carbocycles. The van der Waals surface area contributed by atoms with Crippen molar-refractivity contribution in [2.75, 3.05) is 6.61 Å². The number of carbonyl (C=O) groups is 1.